The number of fused-ring (bicyclic) bond motifs is 1. The molecule has 1 aliphatic heterocycles. The first-order valence-electron chi connectivity index (χ1n) is 6.97. The van der Waals surface area contributed by atoms with E-state index in [0.29, 0.717) is 18.0 Å². The van der Waals surface area contributed by atoms with Gasteiger partial charge in [-0.25, -0.2) is 4.39 Å². The van der Waals surface area contributed by atoms with Gasteiger partial charge in [-0.3, -0.25) is 9.69 Å². The molecule has 0 spiro atoms. The molecule has 5 heteroatoms. The van der Waals surface area contributed by atoms with Crippen LogP contribution in [0.5, 0.6) is 0 Å². The van der Waals surface area contributed by atoms with E-state index < -0.39 is 17.8 Å². The standard InChI is InChI=1S/C15H17ClFNO2/c16-12-6-2-4-10(13(12)17)8-18-7-9-3-1-5-11(9)14(18)15(19)20/h2,4,6,9,11,14H,1,3,5,7-8H2,(H,19,20). The Balaban J connectivity index is 1.83. The molecule has 0 aromatic heterocycles. The van der Waals surface area contributed by atoms with E-state index in [0.717, 1.165) is 25.8 Å². The first-order chi connectivity index (χ1) is 9.58. The van der Waals surface area contributed by atoms with Crippen molar-refractivity contribution in [3.8, 4) is 0 Å². The summed E-state index contributed by atoms with van der Waals surface area (Å²) < 4.78 is 14.0. The minimum atomic E-state index is -0.790. The Bertz CT molecular complexity index is 537. The highest BCUT2D eigenvalue weighted by Crippen LogP contribution is 2.42. The topological polar surface area (TPSA) is 40.5 Å². The predicted octanol–water partition coefficient (Wildman–Crippen LogP) is 3.16. The maximum Gasteiger partial charge on any atom is 0.321 e. The van der Waals surface area contributed by atoms with E-state index in [1.54, 1.807) is 12.1 Å². The summed E-state index contributed by atoms with van der Waals surface area (Å²) in [6.07, 6.45) is 3.16. The fourth-order valence-corrected chi connectivity index (χ4v) is 3.98. The largest absolute Gasteiger partial charge is 0.480 e. The molecule has 1 aromatic rings. The Labute approximate surface area is 122 Å². The summed E-state index contributed by atoms with van der Waals surface area (Å²) in [5, 5.41) is 9.56. The zero-order chi connectivity index (χ0) is 14.3. The van der Waals surface area contributed by atoms with Crippen LogP contribution in [-0.4, -0.2) is 28.6 Å². The van der Waals surface area contributed by atoms with Crippen LogP contribution in [0.1, 0.15) is 24.8 Å². The molecule has 1 aliphatic carbocycles. The molecule has 0 amide bonds. The average Bonchev–Trinajstić information content (AvgIpc) is 2.94. The van der Waals surface area contributed by atoms with Gasteiger partial charge in [0.15, 0.2) is 0 Å². The Kier molecular flexibility index (Phi) is 3.69. The van der Waals surface area contributed by atoms with E-state index >= 15 is 0 Å². The molecule has 2 fully saturated rings. The van der Waals surface area contributed by atoms with Gasteiger partial charge in [-0.05, 0) is 30.7 Å². The van der Waals surface area contributed by atoms with Gasteiger partial charge in [0.05, 0.1) is 5.02 Å². The maximum absolute atomic E-state index is 14.0. The molecule has 1 heterocycles. The van der Waals surface area contributed by atoms with Gasteiger partial charge in [-0.2, -0.15) is 0 Å². The summed E-state index contributed by atoms with van der Waals surface area (Å²) >= 11 is 5.78. The normalized spacial score (nSPS) is 29.6. The van der Waals surface area contributed by atoms with Crippen molar-refractivity contribution in [2.75, 3.05) is 6.54 Å². The second-order valence-electron chi connectivity index (χ2n) is 5.78. The molecular weight excluding hydrogens is 281 g/mol. The van der Waals surface area contributed by atoms with Crippen molar-refractivity contribution in [1.29, 1.82) is 0 Å². The number of carboxylic acid groups (broad SMARTS) is 1. The molecule has 3 nitrogen and oxygen atoms in total. The van der Waals surface area contributed by atoms with Gasteiger partial charge in [-0.15, -0.1) is 0 Å². The van der Waals surface area contributed by atoms with Crippen LogP contribution in [0.4, 0.5) is 4.39 Å². The highest BCUT2D eigenvalue weighted by Gasteiger charge is 2.47. The van der Waals surface area contributed by atoms with E-state index in [4.69, 9.17) is 11.6 Å². The highest BCUT2D eigenvalue weighted by molar-refractivity contribution is 6.30. The first kappa shape index (κ1) is 13.8. The molecular formula is C15H17ClFNO2. The van der Waals surface area contributed by atoms with Crippen LogP contribution >= 0.6 is 11.6 Å². The monoisotopic (exact) mass is 297 g/mol. The minimum absolute atomic E-state index is 0.0915. The number of likely N-dealkylation sites (tertiary alicyclic amines) is 1. The van der Waals surface area contributed by atoms with Gasteiger partial charge in [-0.1, -0.05) is 30.2 Å². The molecule has 3 atom stereocenters. The van der Waals surface area contributed by atoms with Gasteiger partial charge >= 0.3 is 5.97 Å². The van der Waals surface area contributed by atoms with Crippen molar-refractivity contribution in [2.45, 2.75) is 31.8 Å². The Morgan fingerprint density at radius 3 is 3.00 bits per heavy atom. The number of carboxylic acids is 1. The molecule has 0 bridgehead atoms. The molecule has 1 saturated heterocycles. The quantitative estimate of drug-likeness (QED) is 0.931. The number of carbonyl (C=O) groups is 1. The Hall–Kier alpha value is -1.13. The van der Waals surface area contributed by atoms with Crippen molar-refractivity contribution in [2.24, 2.45) is 11.8 Å². The molecule has 2 aliphatic rings. The summed E-state index contributed by atoms with van der Waals surface area (Å²) in [6.45, 7) is 1.06. The Morgan fingerprint density at radius 1 is 1.45 bits per heavy atom. The third-order valence-electron chi connectivity index (χ3n) is 4.64. The second-order valence-corrected chi connectivity index (χ2v) is 6.19. The predicted molar refractivity (Wildman–Crippen MR) is 74.1 cm³/mol. The summed E-state index contributed by atoms with van der Waals surface area (Å²) in [6, 6.07) is 4.40. The summed E-state index contributed by atoms with van der Waals surface area (Å²) in [7, 11) is 0. The summed E-state index contributed by atoms with van der Waals surface area (Å²) in [4.78, 5) is 13.4. The van der Waals surface area contributed by atoms with Gasteiger partial charge in [0, 0.05) is 18.7 Å². The lowest BCUT2D eigenvalue weighted by Crippen LogP contribution is -2.39. The van der Waals surface area contributed by atoms with E-state index in [-0.39, 0.29) is 10.9 Å². The zero-order valence-electron chi connectivity index (χ0n) is 11.1. The van der Waals surface area contributed by atoms with Crippen LogP contribution in [0.25, 0.3) is 0 Å². The van der Waals surface area contributed by atoms with Crippen molar-refractivity contribution in [3.63, 3.8) is 0 Å². The van der Waals surface area contributed by atoms with Crippen molar-refractivity contribution in [1.82, 2.24) is 4.90 Å². The average molecular weight is 298 g/mol. The number of aliphatic carboxylic acids is 1. The van der Waals surface area contributed by atoms with Crippen LogP contribution < -0.4 is 0 Å². The van der Waals surface area contributed by atoms with Crippen LogP contribution in [-0.2, 0) is 11.3 Å². The van der Waals surface area contributed by atoms with Gasteiger partial charge in [0.1, 0.15) is 11.9 Å². The minimum Gasteiger partial charge on any atom is -0.480 e. The van der Waals surface area contributed by atoms with Crippen LogP contribution in [0.15, 0.2) is 18.2 Å². The van der Waals surface area contributed by atoms with E-state index in [1.165, 1.54) is 6.07 Å². The third kappa shape index (κ3) is 2.31. The molecule has 1 saturated carbocycles. The molecule has 3 unspecified atom stereocenters. The molecule has 0 radical (unpaired) electrons. The fourth-order valence-electron chi connectivity index (χ4n) is 3.79. The lowest BCUT2D eigenvalue weighted by molar-refractivity contribution is -0.143. The smallest absolute Gasteiger partial charge is 0.321 e. The number of halogens is 2. The van der Waals surface area contributed by atoms with Crippen LogP contribution in [0.2, 0.25) is 5.02 Å². The van der Waals surface area contributed by atoms with E-state index in [9.17, 15) is 14.3 Å². The van der Waals surface area contributed by atoms with Gasteiger partial charge in [0.25, 0.3) is 0 Å². The third-order valence-corrected chi connectivity index (χ3v) is 4.94. The van der Waals surface area contributed by atoms with Crippen LogP contribution in [0, 0.1) is 17.7 Å². The highest BCUT2D eigenvalue weighted by atomic mass is 35.5. The lowest BCUT2D eigenvalue weighted by Gasteiger charge is -2.24. The van der Waals surface area contributed by atoms with Gasteiger partial charge < -0.3 is 5.11 Å². The molecule has 1 aromatic carbocycles. The summed E-state index contributed by atoms with van der Waals surface area (Å²) in [5.41, 5.74) is 0.476. The number of hydrogen-bond acceptors (Lipinski definition) is 2. The molecule has 3 rings (SSSR count). The zero-order valence-corrected chi connectivity index (χ0v) is 11.8. The van der Waals surface area contributed by atoms with Crippen molar-refractivity contribution >= 4 is 17.6 Å². The SMILES string of the molecule is O=C(O)C1C2CCCC2CN1Cc1cccc(Cl)c1F. The summed E-state index contributed by atoms with van der Waals surface area (Å²) in [5.74, 6) is -0.565. The fraction of sp³-hybridized carbons (Fsp3) is 0.533. The number of rotatable bonds is 3. The van der Waals surface area contributed by atoms with E-state index in [1.807, 2.05) is 4.90 Å². The van der Waals surface area contributed by atoms with E-state index in [2.05, 4.69) is 0 Å². The first-order valence-corrected chi connectivity index (χ1v) is 7.35. The second kappa shape index (κ2) is 5.34. The molecule has 108 valence electrons. The van der Waals surface area contributed by atoms with Gasteiger partial charge in [0.2, 0.25) is 0 Å². The molecule has 20 heavy (non-hydrogen) atoms. The number of benzene rings is 1. The lowest BCUT2D eigenvalue weighted by atomic mass is 9.94. The number of nitrogens with zero attached hydrogens (tertiary/aromatic N) is 1. The maximum atomic E-state index is 14.0. The molecule has 1 N–H and O–H groups in total. The van der Waals surface area contributed by atoms with Crippen LogP contribution in [0.3, 0.4) is 0 Å². The Morgan fingerprint density at radius 2 is 2.25 bits per heavy atom. The number of hydrogen-bond donors (Lipinski definition) is 1. The van der Waals surface area contributed by atoms with Crippen molar-refractivity contribution < 1.29 is 14.3 Å². The van der Waals surface area contributed by atoms with Crippen molar-refractivity contribution in [3.05, 3.63) is 34.6 Å².